The summed E-state index contributed by atoms with van der Waals surface area (Å²) < 4.78 is 32.1. The molecule has 0 aliphatic rings. The third-order valence-electron chi connectivity index (χ3n) is 4.19. The van der Waals surface area contributed by atoms with Crippen LogP contribution in [0.15, 0.2) is 54.9 Å². The molecule has 0 fully saturated rings. The van der Waals surface area contributed by atoms with Crippen molar-refractivity contribution in [2.45, 2.75) is 6.92 Å². The molecule has 0 radical (unpaired) electrons. The van der Waals surface area contributed by atoms with Crippen LogP contribution in [-0.4, -0.2) is 24.0 Å². The SMILES string of the molecule is COC(=O)c1ccc(C)c(-c2ccc(NC(=O)c3c(F)cncc3F)cc2)c1. The van der Waals surface area contributed by atoms with Gasteiger partial charge in [0.1, 0.15) is 5.56 Å². The van der Waals surface area contributed by atoms with Crippen molar-refractivity contribution in [3.63, 3.8) is 0 Å². The minimum absolute atomic E-state index is 0.367. The number of ether oxygens (including phenoxy) is 1. The van der Waals surface area contributed by atoms with Crippen LogP contribution in [0.1, 0.15) is 26.3 Å². The molecule has 1 aromatic heterocycles. The molecule has 0 bridgehead atoms. The van der Waals surface area contributed by atoms with E-state index in [0.29, 0.717) is 11.3 Å². The standard InChI is InChI=1S/C21H16F2N2O3/c1-12-3-4-14(21(27)28-2)9-16(12)13-5-7-15(8-6-13)25-20(26)19-17(22)10-24-11-18(19)23/h3-11H,1-2H3,(H,25,26). The Morgan fingerprint density at radius 1 is 1.00 bits per heavy atom. The fourth-order valence-electron chi connectivity index (χ4n) is 2.73. The molecule has 3 aromatic rings. The van der Waals surface area contributed by atoms with Crippen molar-refractivity contribution in [2.75, 3.05) is 12.4 Å². The van der Waals surface area contributed by atoms with Gasteiger partial charge in [-0.25, -0.2) is 13.6 Å². The number of esters is 1. The number of hydrogen-bond acceptors (Lipinski definition) is 4. The summed E-state index contributed by atoms with van der Waals surface area (Å²) in [5.74, 6) is -3.42. The summed E-state index contributed by atoms with van der Waals surface area (Å²) in [6.45, 7) is 1.90. The first-order chi connectivity index (χ1) is 13.4. The highest BCUT2D eigenvalue weighted by molar-refractivity contribution is 6.04. The van der Waals surface area contributed by atoms with Gasteiger partial charge < -0.3 is 10.1 Å². The summed E-state index contributed by atoms with van der Waals surface area (Å²) in [6.07, 6.45) is 1.55. The predicted octanol–water partition coefficient (Wildman–Crippen LogP) is 4.37. The van der Waals surface area contributed by atoms with E-state index in [2.05, 4.69) is 10.3 Å². The Labute approximate surface area is 160 Å². The van der Waals surface area contributed by atoms with Crippen LogP contribution < -0.4 is 5.32 Å². The van der Waals surface area contributed by atoms with Gasteiger partial charge in [0, 0.05) is 5.69 Å². The number of nitrogens with zero attached hydrogens (tertiary/aromatic N) is 1. The number of benzene rings is 2. The van der Waals surface area contributed by atoms with Crippen LogP contribution in [0.3, 0.4) is 0 Å². The molecular weight excluding hydrogens is 366 g/mol. The Bertz CT molecular complexity index is 1030. The Kier molecular flexibility index (Phi) is 5.44. The van der Waals surface area contributed by atoms with Crippen LogP contribution in [0.4, 0.5) is 14.5 Å². The van der Waals surface area contributed by atoms with Crippen LogP contribution >= 0.6 is 0 Å². The molecule has 142 valence electrons. The largest absolute Gasteiger partial charge is 0.465 e. The number of nitrogens with one attached hydrogen (secondary N) is 1. The quantitative estimate of drug-likeness (QED) is 0.680. The van der Waals surface area contributed by atoms with E-state index in [-0.39, 0.29) is 0 Å². The molecule has 0 saturated carbocycles. The minimum atomic E-state index is -1.04. The molecule has 0 spiro atoms. The van der Waals surface area contributed by atoms with Crippen molar-refractivity contribution >= 4 is 17.6 Å². The third-order valence-corrected chi connectivity index (χ3v) is 4.19. The van der Waals surface area contributed by atoms with E-state index in [1.807, 2.05) is 13.0 Å². The van der Waals surface area contributed by atoms with Crippen LogP contribution in [-0.2, 0) is 4.74 Å². The van der Waals surface area contributed by atoms with E-state index in [9.17, 15) is 18.4 Å². The summed E-state index contributed by atoms with van der Waals surface area (Å²) >= 11 is 0. The van der Waals surface area contributed by atoms with Crippen molar-refractivity contribution in [3.05, 3.63) is 83.2 Å². The van der Waals surface area contributed by atoms with Crippen LogP contribution in [0.25, 0.3) is 11.1 Å². The molecule has 0 atom stereocenters. The number of aromatic nitrogens is 1. The monoisotopic (exact) mass is 382 g/mol. The van der Waals surface area contributed by atoms with Gasteiger partial charge in [-0.2, -0.15) is 0 Å². The number of carbonyl (C=O) groups excluding carboxylic acids is 2. The maximum atomic E-state index is 13.7. The first kappa shape index (κ1) is 19.2. The van der Waals surface area contributed by atoms with Crippen molar-refractivity contribution in [3.8, 4) is 11.1 Å². The van der Waals surface area contributed by atoms with Crippen molar-refractivity contribution in [1.29, 1.82) is 0 Å². The zero-order valence-electron chi connectivity index (χ0n) is 15.1. The number of hydrogen-bond donors (Lipinski definition) is 1. The summed E-state index contributed by atoms with van der Waals surface area (Å²) in [4.78, 5) is 27.2. The normalized spacial score (nSPS) is 10.4. The topological polar surface area (TPSA) is 68.3 Å². The van der Waals surface area contributed by atoms with Crippen LogP contribution in [0.2, 0.25) is 0 Å². The van der Waals surface area contributed by atoms with Crippen molar-refractivity contribution < 1.29 is 23.1 Å². The average Bonchev–Trinajstić information content (AvgIpc) is 2.68. The van der Waals surface area contributed by atoms with Gasteiger partial charge in [0.15, 0.2) is 11.6 Å². The second kappa shape index (κ2) is 7.96. The highest BCUT2D eigenvalue weighted by Crippen LogP contribution is 2.26. The van der Waals surface area contributed by atoms with Gasteiger partial charge in [-0.15, -0.1) is 0 Å². The van der Waals surface area contributed by atoms with E-state index in [0.717, 1.165) is 29.1 Å². The van der Waals surface area contributed by atoms with Gasteiger partial charge in [0.05, 0.1) is 25.1 Å². The fourth-order valence-corrected chi connectivity index (χ4v) is 2.73. The van der Waals surface area contributed by atoms with Gasteiger partial charge >= 0.3 is 5.97 Å². The zero-order chi connectivity index (χ0) is 20.3. The first-order valence-electron chi connectivity index (χ1n) is 8.30. The summed E-state index contributed by atoms with van der Waals surface area (Å²) in [5, 5.41) is 2.45. The number of halogens is 2. The second-order valence-corrected chi connectivity index (χ2v) is 6.03. The van der Waals surface area contributed by atoms with Gasteiger partial charge in [-0.3, -0.25) is 9.78 Å². The molecule has 1 amide bonds. The lowest BCUT2D eigenvalue weighted by Gasteiger charge is -2.10. The van der Waals surface area contributed by atoms with E-state index < -0.39 is 29.1 Å². The molecule has 1 heterocycles. The Balaban J connectivity index is 1.85. The molecule has 0 aliphatic heterocycles. The Morgan fingerprint density at radius 2 is 1.64 bits per heavy atom. The van der Waals surface area contributed by atoms with E-state index in [1.54, 1.807) is 36.4 Å². The maximum Gasteiger partial charge on any atom is 0.337 e. The van der Waals surface area contributed by atoms with Gasteiger partial charge in [-0.05, 0) is 47.9 Å². The predicted molar refractivity (Wildman–Crippen MR) is 100 cm³/mol. The molecule has 5 nitrogen and oxygen atoms in total. The third kappa shape index (κ3) is 3.88. The second-order valence-electron chi connectivity index (χ2n) is 6.03. The molecule has 3 rings (SSSR count). The Hall–Kier alpha value is -3.61. The minimum Gasteiger partial charge on any atom is -0.465 e. The lowest BCUT2D eigenvalue weighted by molar-refractivity contribution is 0.0600. The van der Waals surface area contributed by atoms with Crippen LogP contribution in [0, 0.1) is 18.6 Å². The van der Waals surface area contributed by atoms with Gasteiger partial charge in [0.2, 0.25) is 0 Å². The zero-order valence-corrected chi connectivity index (χ0v) is 15.1. The molecule has 2 aromatic carbocycles. The number of methoxy groups -OCH3 is 1. The molecule has 1 N–H and O–H groups in total. The highest BCUT2D eigenvalue weighted by atomic mass is 19.1. The Morgan fingerprint density at radius 3 is 2.25 bits per heavy atom. The summed E-state index contributed by atoms with van der Waals surface area (Å²) in [5.41, 5.74) is 2.68. The van der Waals surface area contributed by atoms with E-state index in [4.69, 9.17) is 4.74 Å². The number of amides is 1. The number of anilines is 1. The lowest BCUT2D eigenvalue weighted by atomic mass is 9.98. The number of carbonyl (C=O) groups is 2. The van der Waals surface area contributed by atoms with Gasteiger partial charge in [0.25, 0.3) is 5.91 Å². The summed E-state index contributed by atoms with van der Waals surface area (Å²) in [6, 6.07) is 11.9. The number of pyridine rings is 1. The fraction of sp³-hybridized carbons (Fsp3) is 0.0952. The molecule has 0 saturated heterocycles. The highest BCUT2D eigenvalue weighted by Gasteiger charge is 2.18. The molecular formula is C21H16F2N2O3. The molecule has 28 heavy (non-hydrogen) atoms. The maximum absolute atomic E-state index is 13.7. The number of aryl methyl sites for hydroxylation is 1. The molecule has 0 aliphatic carbocycles. The van der Waals surface area contributed by atoms with Crippen molar-refractivity contribution in [1.82, 2.24) is 4.98 Å². The van der Waals surface area contributed by atoms with E-state index >= 15 is 0 Å². The lowest BCUT2D eigenvalue weighted by Crippen LogP contribution is -2.16. The van der Waals surface area contributed by atoms with Crippen molar-refractivity contribution in [2.24, 2.45) is 0 Å². The summed E-state index contributed by atoms with van der Waals surface area (Å²) in [7, 11) is 1.31. The average molecular weight is 382 g/mol. The van der Waals surface area contributed by atoms with E-state index in [1.165, 1.54) is 7.11 Å². The smallest absolute Gasteiger partial charge is 0.337 e. The first-order valence-corrected chi connectivity index (χ1v) is 8.30. The van der Waals surface area contributed by atoms with Crippen LogP contribution in [0.5, 0.6) is 0 Å². The molecule has 0 unspecified atom stereocenters. The molecule has 7 heteroatoms. The van der Waals surface area contributed by atoms with Gasteiger partial charge in [-0.1, -0.05) is 18.2 Å². The number of rotatable bonds is 4.